The zero-order valence-electron chi connectivity index (χ0n) is 17.4. The van der Waals surface area contributed by atoms with Crippen LogP contribution in [0.1, 0.15) is 33.5 Å². The SMILES string of the molecule is C=CCn1c(SCC(=O)c2cc(C)n(CC(F)(F)F)c2C)nc2sc(CC)cc2c1=O. The molecule has 0 aromatic carbocycles. The molecule has 31 heavy (non-hydrogen) atoms. The highest BCUT2D eigenvalue weighted by molar-refractivity contribution is 7.99. The molecule has 3 aromatic heterocycles. The Kier molecular flexibility index (Phi) is 6.80. The molecule has 166 valence electrons. The molecule has 0 aliphatic rings. The number of aryl methyl sites for hydroxylation is 2. The van der Waals surface area contributed by atoms with Crippen LogP contribution in [-0.2, 0) is 19.5 Å². The predicted molar refractivity (Wildman–Crippen MR) is 118 cm³/mol. The molecule has 0 fully saturated rings. The zero-order chi connectivity index (χ0) is 22.9. The van der Waals surface area contributed by atoms with Crippen molar-refractivity contribution < 1.29 is 18.0 Å². The van der Waals surface area contributed by atoms with Gasteiger partial charge in [0, 0.05) is 28.4 Å². The molecule has 0 spiro atoms. The Morgan fingerprint density at radius 3 is 2.61 bits per heavy atom. The standard InChI is InChI=1S/C21H22F3N3O2S2/c1-5-7-26-19(29)16-9-14(6-2)31-18(16)25-20(26)30-10-17(28)15-8-12(3)27(13(15)4)11-21(22,23)24/h5,8-9H,1,6-7,10-11H2,2-4H3. The molecule has 0 aliphatic heterocycles. The Labute approximate surface area is 185 Å². The molecule has 0 atom stereocenters. The summed E-state index contributed by atoms with van der Waals surface area (Å²) in [5, 5.41) is 0.925. The van der Waals surface area contributed by atoms with E-state index < -0.39 is 12.7 Å². The van der Waals surface area contributed by atoms with Gasteiger partial charge in [0.15, 0.2) is 10.9 Å². The Morgan fingerprint density at radius 1 is 1.29 bits per heavy atom. The van der Waals surface area contributed by atoms with Gasteiger partial charge in [0.25, 0.3) is 5.56 Å². The topological polar surface area (TPSA) is 56.9 Å². The van der Waals surface area contributed by atoms with Crippen LogP contribution in [0, 0.1) is 13.8 Å². The number of rotatable bonds is 8. The van der Waals surface area contributed by atoms with Gasteiger partial charge in [-0.15, -0.1) is 17.9 Å². The Morgan fingerprint density at radius 2 is 2.00 bits per heavy atom. The van der Waals surface area contributed by atoms with Crippen LogP contribution in [0.15, 0.2) is 34.7 Å². The van der Waals surface area contributed by atoms with Crippen molar-refractivity contribution in [3.63, 3.8) is 0 Å². The van der Waals surface area contributed by atoms with E-state index in [1.807, 2.05) is 13.0 Å². The summed E-state index contributed by atoms with van der Waals surface area (Å²) in [7, 11) is 0. The van der Waals surface area contributed by atoms with Crippen LogP contribution in [-0.4, -0.2) is 31.8 Å². The van der Waals surface area contributed by atoms with Crippen molar-refractivity contribution in [2.75, 3.05) is 5.75 Å². The van der Waals surface area contributed by atoms with Crippen molar-refractivity contribution in [1.82, 2.24) is 14.1 Å². The highest BCUT2D eigenvalue weighted by Gasteiger charge is 2.30. The average molecular weight is 470 g/mol. The highest BCUT2D eigenvalue weighted by atomic mass is 32.2. The molecule has 3 rings (SSSR count). The van der Waals surface area contributed by atoms with Gasteiger partial charge in [0.2, 0.25) is 0 Å². The molecular formula is C21H22F3N3O2S2. The van der Waals surface area contributed by atoms with Gasteiger partial charge in [-0.25, -0.2) is 4.98 Å². The molecule has 5 nitrogen and oxygen atoms in total. The zero-order valence-corrected chi connectivity index (χ0v) is 19.0. The van der Waals surface area contributed by atoms with Crippen molar-refractivity contribution in [3.8, 4) is 0 Å². The second-order valence-corrected chi connectivity index (χ2v) is 9.14. The maximum absolute atomic E-state index is 12.9. The molecule has 0 saturated carbocycles. The van der Waals surface area contributed by atoms with E-state index in [1.54, 1.807) is 13.0 Å². The summed E-state index contributed by atoms with van der Waals surface area (Å²) in [6, 6.07) is 3.31. The number of thioether (sulfide) groups is 1. The number of allylic oxidation sites excluding steroid dienone is 1. The van der Waals surface area contributed by atoms with Crippen molar-refractivity contribution in [2.45, 2.75) is 51.6 Å². The summed E-state index contributed by atoms with van der Waals surface area (Å²) < 4.78 is 41.1. The number of carbonyl (C=O) groups is 1. The predicted octanol–water partition coefficient (Wildman–Crippen LogP) is 5.16. The molecule has 10 heteroatoms. The quantitative estimate of drug-likeness (QED) is 0.198. The number of aromatic nitrogens is 3. The molecule has 0 saturated heterocycles. The van der Waals surface area contributed by atoms with Gasteiger partial charge in [-0.1, -0.05) is 24.8 Å². The lowest BCUT2D eigenvalue weighted by Crippen LogP contribution is -2.22. The molecular weight excluding hydrogens is 447 g/mol. The van der Waals surface area contributed by atoms with Gasteiger partial charge in [-0.2, -0.15) is 13.2 Å². The van der Waals surface area contributed by atoms with Crippen LogP contribution in [0.2, 0.25) is 0 Å². The van der Waals surface area contributed by atoms with E-state index in [4.69, 9.17) is 0 Å². The third-order valence-corrected chi connectivity index (χ3v) is 7.02. The number of Topliss-reactive ketones (excluding diaryl/α,β-unsaturated/α-hetero) is 1. The molecule has 3 heterocycles. The lowest BCUT2D eigenvalue weighted by atomic mass is 10.2. The molecule has 0 amide bonds. The minimum absolute atomic E-state index is 0.0442. The molecule has 3 aromatic rings. The summed E-state index contributed by atoms with van der Waals surface area (Å²) >= 11 is 2.54. The third-order valence-electron chi connectivity index (χ3n) is 4.87. The number of thiophene rings is 1. The highest BCUT2D eigenvalue weighted by Crippen LogP contribution is 2.27. The van der Waals surface area contributed by atoms with Crippen molar-refractivity contribution in [1.29, 1.82) is 0 Å². The number of hydrogen-bond donors (Lipinski definition) is 0. The smallest absolute Gasteiger partial charge is 0.339 e. The number of alkyl halides is 3. The first-order valence-electron chi connectivity index (χ1n) is 9.59. The average Bonchev–Trinajstić information content (AvgIpc) is 3.24. The lowest BCUT2D eigenvalue weighted by Gasteiger charge is -2.12. The number of nitrogens with zero attached hydrogens (tertiary/aromatic N) is 3. The first kappa shape index (κ1) is 23.3. The fourth-order valence-electron chi connectivity index (χ4n) is 3.34. The Balaban J connectivity index is 1.89. The van der Waals surface area contributed by atoms with Crippen LogP contribution in [0.25, 0.3) is 10.2 Å². The maximum Gasteiger partial charge on any atom is 0.406 e. The van der Waals surface area contributed by atoms with Crippen LogP contribution in [0.5, 0.6) is 0 Å². The number of halogens is 3. The van der Waals surface area contributed by atoms with Crippen LogP contribution >= 0.6 is 23.1 Å². The third kappa shape index (κ3) is 4.95. The second-order valence-electron chi connectivity index (χ2n) is 7.08. The number of hydrogen-bond acceptors (Lipinski definition) is 5. The molecule has 0 bridgehead atoms. The molecule has 0 radical (unpaired) electrons. The van der Waals surface area contributed by atoms with Gasteiger partial charge in [-0.05, 0) is 32.4 Å². The molecule has 0 aliphatic carbocycles. The van der Waals surface area contributed by atoms with E-state index in [0.29, 0.717) is 21.1 Å². The number of carbonyl (C=O) groups excluding carboxylic acids is 1. The Hall–Kier alpha value is -2.33. The fourth-order valence-corrected chi connectivity index (χ4v) is 5.24. The van der Waals surface area contributed by atoms with Gasteiger partial charge >= 0.3 is 6.18 Å². The van der Waals surface area contributed by atoms with Crippen molar-refractivity contribution in [3.05, 3.63) is 57.0 Å². The van der Waals surface area contributed by atoms with E-state index >= 15 is 0 Å². The first-order valence-corrected chi connectivity index (χ1v) is 11.4. The number of ketones is 1. The van der Waals surface area contributed by atoms with E-state index in [0.717, 1.165) is 27.6 Å². The van der Waals surface area contributed by atoms with Crippen molar-refractivity contribution in [2.24, 2.45) is 0 Å². The summed E-state index contributed by atoms with van der Waals surface area (Å²) in [6.07, 6.45) is -2.00. The van der Waals surface area contributed by atoms with Gasteiger partial charge < -0.3 is 4.57 Å². The number of fused-ring (bicyclic) bond motifs is 1. The minimum atomic E-state index is -4.37. The molecule has 0 N–H and O–H groups in total. The maximum atomic E-state index is 12.9. The van der Waals surface area contributed by atoms with E-state index in [1.165, 1.54) is 28.9 Å². The first-order chi connectivity index (χ1) is 14.6. The minimum Gasteiger partial charge on any atom is -0.339 e. The van der Waals surface area contributed by atoms with Crippen LogP contribution < -0.4 is 5.56 Å². The second kappa shape index (κ2) is 9.04. The normalized spacial score (nSPS) is 11.9. The van der Waals surface area contributed by atoms with E-state index in [9.17, 15) is 22.8 Å². The van der Waals surface area contributed by atoms with Crippen LogP contribution in [0.4, 0.5) is 13.2 Å². The fraction of sp³-hybridized carbons (Fsp3) is 0.381. The Bertz CT molecular complexity index is 1210. The largest absolute Gasteiger partial charge is 0.406 e. The molecule has 0 unspecified atom stereocenters. The van der Waals surface area contributed by atoms with Crippen molar-refractivity contribution >= 4 is 39.1 Å². The van der Waals surface area contributed by atoms with Crippen LogP contribution in [0.3, 0.4) is 0 Å². The van der Waals surface area contributed by atoms with E-state index in [2.05, 4.69) is 11.6 Å². The summed E-state index contributed by atoms with van der Waals surface area (Å²) in [4.78, 5) is 31.9. The summed E-state index contributed by atoms with van der Waals surface area (Å²) in [5.41, 5.74) is 0.701. The summed E-state index contributed by atoms with van der Waals surface area (Å²) in [6.45, 7) is 7.83. The van der Waals surface area contributed by atoms with E-state index in [-0.39, 0.29) is 34.9 Å². The van der Waals surface area contributed by atoms with Gasteiger partial charge in [0.05, 0.1) is 11.1 Å². The van der Waals surface area contributed by atoms with Gasteiger partial charge in [0.1, 0.15) is 11.4 Å². The summed E-state index contributed by atoms with van der Waals surface area (Å²) in [5.74, 6) is -0.358. The lowest BCUT2D eigenvalue weighted by molar-refractivity contribution is -0.141. The van der Waals surface area contributed by atoms with Gasteiger partial charge in [-0.3, -0.25) is 14.2 Å². The monoisotopic (exact) mass is 469 g/mol.